The Morgan fingerprint density at radius 1 is 0.450 bits per heavy atom. The molecular weight excluding hydrogens is 751 g/mol. The van der Waals surface area contributed by atoms with Gasteiger partial charge in [-0.05, 0) is 77.5 Å². The second kappa shape index (κ2) is 12.2. The molecule has 0 aliphatic heterocycles. The topological polar surface area (TPSA) is 42.9 Å². The van der Waals surface area contributed by atoms with Crippen LogP contribution in [0.15, 0.2) is 176 Å². The van der Waals surface area contributed by atoms with Gasteiger partial charge in [0, 0.05) is 58.2 Å². The fraction of sp³-hybridized carbons (Fsp3) is 0. The number of para-hydroxylation sites is 3. The van der Waals surface area contributed by atoms with Gasteiger partial charge in [0.05, 0.1) is 56.6 Å². The summed E-state index contributed by atoms with van der Waals surface area (Å²) in [5.74, 6) is 0. The minimum atomic E-state index is 0.472. The number of aromatic nitrogens is 3. The van der Waals surface area contributed by atoms with Gasteiger partial charge in [0.15, 0.2) is 0 Å². The summed E-state index contributed by atoms with van der Waals surface area (Å²) in [5, 5.41) is 22.8. The van der Waals surface area contributed by atoms with E-state index in [1.54, 1.807) is 0 Å². The van der Waals surface area contributed by atoms with Crippen LogP contribution in [0.5, 0.6) is 0 Å². The largest absolute Gasteiger partial charge is 0.319 e. The highest BCUT2D eigenvalue weighted by Gasteiger charge is 2.24. The van der Waals surface area contributed by atoms with Crippen molar-refractivity contribution in [2.75, 3.05) is 0 Å². The Hall–Kier alpha value is -8.16. The Balaban J connectivity index is 1.13. The van der Waals surface area contributed by atoms with Crippen LogP contribution >= 0.6 is 11.3 Å². The van der Waals surface area contributed by atoms with Crippen molar-refractivity contribution in [2.24, 2.45) is 0 Å². The van der Waals surface area contributed by atoms with Crippen LogP contribution in [0, 0.1) is 17.9 Å². The van der Waals surface area contributed by atoms with Gasteiger partial charge in [-0.15, -0.1) is 11.3 Å². The summed E-state index contributed by atoms with van der Waals surface area (Å²) in [6.07, 6.45) is 0. The maximum atomic E-state index is 11.1. The van der Waals surface area contributed by atoms with E-state index in [-0.39, 0.29) is 0 Å². The van der Waals surface area contributed by atoms with E-state index in [9.17, 15) is 5.26 Å². The monoisotopic (exact) mass is 779 g/mol. The molecule has 0 unspecified atom stereocenters. The minimum Gasteiger partial charge on any atom is -0.319 e. The number of fused-ring (bicyclic) bond motifs is 15. The Morgan fingerprint density at radius 3 is 1.78 bits per heavy atom. The lowest BCUT2D eigenvalue weighted by molar-refractivity contribution is 1.14. The third kappa shape index (κ3) is 4.32. The van der Waals surface area contributed by atoms with Crippen LogP contribution in [0.3, 0.4) is 0 Å². The van der Waals surface area contributed by atoms with E-state index >= 15 is 0 Å². The lowest BCUT2D eigenvalue weighted by atomic mass is 10.0. The molecule has 60 heavy (non-hydrogen) atoms. The SMILES string of the molecule is [C-]#[N+]c1cc(-n2c3ccc(-n4c5ccccc5c5ccccc54)cc3c3c4sc5ccccc5c4ccc32)c(C#N)cc1-n1c2ccccc2c2c3ccccc3ccc21. The van der Waals surface area contributed by atoms with Crippen LogP contribution in [-0.4, -0.2) is 13.7 Å². The van der Waals surface area contributed by atoms with E-state index in [4.69, 9.17) is 6.57 Å². The molecule has 0 fully saturated rings. The molecule has 0 bridgehead atoms. The summed E-state index contributed by atoms with van der Waals surface area (Å²) in [6.45, 7) is 8.64. The van der Waals surface area contributed by atoms with E-state index in [2.05, 4.69) is 182 Å². The fourth-order valence-corrected chi connectivity index (χ4v) is 11.2. The van der Waals surface area contributed by atoms with Gasteiger partial charge in [-0.3, -0.25) is 0 Å². The van der Waals surface area contributed by atoms with Gasteiger partial charge < -0.3 is 13.7 Å². The molecule has 9 aromatic carbocycles. The lowest BCUT2D eigenvalue weighted by Gasteiger charge is -2.16. The lowest BCUT2D eigenvalue weighted by Crippen LogP contribution is -2.02. The first-order valence-corrected chi connectivity index (χ1v) is 20.8. The summed E-state index contributed by atoms with van der Waals surface area (Å²) in [6, 6.07) is 64.4. The van der Waals surface area contributed by atoms with Gasteiger partial charge in [-0.2, -0.15) is 5.26 Å². The standard InChI is InChI=1S/C54H29N5S/c1-56-42-30-49(33(31-55)28-50(42)59-45-20-10-6-17-40(45)52-35-13-3-2-12-32(35)22-25-47(52)59)58-46-26-23-34(57-43-18-8-4-14-36(43)37-15-5-9-19-44(37)57)29-41(46)53-48(58)27-24-39-38-16-7-11-21-51(38)60-54(39)53/h2-30H. The quantitative estimate of drug-likeness (QED) is 0.165. The van der Waals surface area contributed by atoms with Crippen molar-refractivity contribution >= 4 is 113 Å². The Labute approximate surface area is 346 Å². The van der Waals surface area contributed by atoms with Gasteiger partial charge in [-0.25, -0.2) is 4.85 Å². The molecule has 0 radical (unpaired) electrons. The normalized spacial score (nSPS) is 12.0. The predicted octanol–water partition coefficient (Wildman–Crippen LogP) is 14.9. The molecule has 0 saturated carbocycles. The molecule has 13 aromatic rings. The van der Waals surface area contributed by atoms with Crippen molar-refractivity contribution in [1.29, 1.82) is 5.26 Å². The maximum absolute atomic E-state index is 11.1. The van der Waals surface area contributed by atoms with E-state index in [1.807, 2.05) is 29.5 Å². The summed E-state index contributed by atoms with van der Waals surface area (Å²) in [4.78, 5) is 4.20. The van der Waals surface area contributed by atoms with Crippen molar-refractivity contribution in [3.8, 4) is 23.1 Å². The van der Waals surface area contributed by atoms with Crippen molar-refractivity contribution in [1.82, 2.24) is 13.7 Å². The highest BCUT2D eigenvalue weighted by Crippen LogP contribution is 2.46. The zero-order valence-corrected chi connectivity index (χ0v) is 32.7. The van der Waals surface area contributed by atoms with E-state index in [0.29, 0.717) is 22.6 Å². The molecule has 4 heterocycles. The van der Waals surface area contributed by atoms with E-state index < -0.39 is 0 Å². The molecule has 276 valence electrons. The molecule has 0 N–H and O–H groups in total. The molecule has 0 spiro atoms. The van der Waals surface area contributed by atoms with Gasteiger partial charge in [0.2, 0.25) is 5.69 Å². The van der Waals surface area contributed by atoms with Gasteiger partial charge in [0.25, 0.3) is 0 Å². The summed E-state index contributed by atoms with van der Waals surface area (Å²) in [5.41, 5.74) is 9.66. The number of thiophene rings is 1. The van der Waals surface area contributed by atoms with Crippen LogP contribution in [0.25, 0.3) is 118 Å². The number of benzene rings is 9. The minimum absolute atomic E-state index is 0.472. The number of hydrogen-bond acceptors (Lipinski definition) is 2. The van der Waals surface area contributed by atoms with Crippen molar-refractivity contribution in [3.63, 3.8) is 0 Å². The highest BCUT2D eigenvalue weighted by molar-refractivity contribution is 7.26. The zero-order chi connectivity index (χ0) is 39.6. The number of rotatable bonds is 3. The van der Waals surface area contributed by atoms with E-state index in [0.717, 1.165) is 71.1 Å². The van der Waals surface area contributed by atoms with Crippen molar-refractivity contribution in [3.05, 3.63) is 193 Å². The number of nitrogens with zero attached hydrogens (tertiary/aromatic N) is 5. The van der Waals surface area contributed by atoms with Gasteiger partial charge in [0.1, 0.15) is 6.07 Å². The summed E-state index contributed by atoms with van der Waals surface area (Å²) >= 11 is 1.81. The number of nitriles is 1. The molecule has 0 atom stereocenters. The summed E-state index contributed by atoms with van der Waals surface area (Å²) in [7, 11) is 0. The molecule has 5 nitrogen and oxygen atoms in total. The maximum Gasteiger partial charge on any atom is 0.212 e. The molecule has 6 heteroatoms. The Morgan fingerprint density at radius 2 is 1.03 bits per heavy atom. The smallest absolute Gasteiger partial charge is 0.212 e. The van der Waals surface area contributed by atoms with Crippen molar-refractivity contribution < 1.29 is 0 Å². The average Bonchev–Trinajstić information content (AvgIpc) is 4.05. The fourth-order valence-electron chi connectivity index (χ4n) is 9.98. The second-order valence-corrected chi connectivity index (χ2v) is 16.5. The molecule has 13 rings (SSSR count). The second-order valence-electron chi connectivity index (χ2n) is 15.5. The highest BCUT2D eigenvalue weighted by atomic mass is 32.1. The summed E-state index contributed by atoms with van der Waals surface area (Å²) < 4.78 is 9.17. The van der Waals surface area contributed by atoms with Gasteiger partial charge in [-0.1, -0.05) is 109 Å². The Kier molecular flexibility index (Phi) is 6.67. The van der Waals surface area contributed by atoms with E-state index in [1.165, 1.54) is 30.9 Å². The Bertz CT molecular complexity index is 4050. The first-order chi connectivity index (χ1) is 29.7. The average molecular weight is 780 g/mol. The van der Waals surface area contributed by atoms with Gasteiger partial charge >= 0.3 is 0 Å². The predicted molar refractivity (Wildman–Crippen MR) is 251 cm³/mol. The zero-order valence-electron chi connectivity index (χ0n) is 31.9. The molecule has 0 aliphatic rings. The third-order valence-electron chi connectivity index (χ3n) is 12.5. The molecule has 0 saturated heterocycles. The molecule has 0 amide bonds. The first kappa shape index (κ1) is 32.9. The van der Waals surface area contributed by atoms with Crippen LogP contribution in [0.2, 0.25) is 0 Å². The van der Waals surface area contributed by atoms with Crippen molar-refractivity contribution in [2.45, 2.75) is 0 Å². The number of hydrogen-bond donors (Lipinski definition) is 0. The third-order valence-corrected chi connectivity index (χ3v) is 13.7. The molecule has 4 aromatic heterocycles. The van der Waals surface area contributed by atoms with Crippen LogP contribution < -0.4 is 0 Å². The van der Waals surface area contributed by atoms with Crippen LogP contribution in [0.1, 0.15) is 5.56 Å². The molecular formula is C54H29N5S. The van der Waals surface area contributed by atoms with Crippen LogP contribution in [0.4, 0.5) is 5.69 Å². The van der Waals surface area contributed by atoms with Crippen LogP contribution in [-0.2, 0) is 0 Å². The first-order valence-electron chi connectivity index (χ1n) is 19.9. The molecule has 0 aliphatic carbocycles.